The van der Waals surface area contributed by atoms with Crippen LogP contribution in [-0.4, -0.2) is 21.6 Å². The summed E-state index contributed by atoms with van der Waals surface area (Å²) in [7, 11) is -3.68. The number of ether oxygens (including phenoxy) is 1. The van der Waals surface area contributed by atoms with Crippen LogP contribution in [0.2, 0.25) is 10.0 Å². The summed E-state index contributed by atoms with van der Waals surface area (Å²) < 4.78 is 33.5. The van der Waals surface area contributed by atoms with Crippen LogP contribution >= 0.6 is 23.2 Å². The fraction of sp³-hybridized carbons (Fsp3) is 0.217. The van der Waals surface area contributed by atoms with Crippen LogP contribution in [0.5, 0.6) is 5.75 Å². The topological polar surface area (TPSA) is 46.6 Å². The van der Waals surface area contributed by atoms with E-state index in [1.165, 1.54) is 4.31 Å². The van der Waals surface area contributed by atoms with Gasteiger partial charge in [-0.05, 0) is 61.4 Å². The normalized spacial score (nSPS) is 11.3. The smallest absolute Gasteiger partial charge is 0.264 e. The molecule has 0 amide bonds. The van der Waals surface area contributed by atoms with E-state index in [-0.39, 0.29) is 4.90 Å². The molecule has 0 aliphatic rings. The molecule has 3 rings (SSSR count). The lowest BCUT2D eigenvalue weighted by atomic mass is 10.1. The Kier molecular flexibility index (Phi) is 7.29. The van der Waals surface area contributed by atoms with Crippen LogP contribution in [-0.2, 0) is 16.4 Å². The molecule has 0 aliphatic carbocycles. The lowest BCUT2D eigenvalue weighted by molar-refractivity contribution is 0.322. The molecule has 0 saturated heterocycles. The highest BCUT2D eigenvalue weighted by molar-refractivity contribution is 7.92. The van der Waals surface area contributed by atoms with E-state index >= 15 is 0 Å². The molecule has 3 aromatic rings. The zero-order valence-corrected chi connectivity index (χ0v) is 19.1. The molecule has 3 aromatic carbocycles. The van der Waals surface area contributed by atoms with Gasteiger partial charge in [0, 0.05) is 29.1 Å². The zero-order valence-electron chi connectivity index (χ0n) is 16.8. The van der Waals surface area contributed by atoms with Crippen LogP contribution in [0, 0.1) is 6.92 Å². The average molecular weight is 464 g/mol. The Morgan fingerprint density at radius 3 is 2.27 bits per heavy atom. The van der Waals surface area contributed by atoms with E-state index in [2.05, 4.69) is 0 Å². The van der Waals surface area contributed by atoms with Crippen molar-refractivity contribution in [1.29, 1.82) is 0 Å². The Morgan fingerprint density at radius 1 is 0.933 bits per heavy atom. The van der Waals surface area contributed by atoms with Crippen molar-refractivity contribution in [3.8, 4) is 5.75 Å². The van der Waals surface area contributed by atoms with Crippen molar-refractivity contribution in [3.63, 3.8) is 0 Å². The third-order valence-corrected chi connectivity index (χ3v) is 7.26. The van der Waals surface area contributed by atoms with Gasteiger partial charge in [0.15, 0.2) is 0 Å². The van der Waals surface area contributed by atoms with Gasteiger partial charge in [0.2, 0.25) is 0 Å². The summed E-state index contributed by atoms with van der Waals surface area (Å²) in [5.74, 6) is 0.577. The van der Waals surface area contributed by atoms with Crippen molar-refractivity contribution < 1.29 is 13.2 Å². The molecular weight excluding hydrogens is 441 g/mol. The van der Waals surface area contributed by atoms with Gasteiger partial charge in [0.25, 0.3) is 10.0 Å². The fourth-order valence-corrected chi connectivity index (χ4v) is 5.32. The molecule has 0 bridgehead atoms. The molecule has 4 nitrogen and oxygen atoms in total. The summed E-state index contributed by atoms with van der Waals surface area (Å²) in [5.41, 5.74) is 2.27. The molecule has 0 radical (unpaired) electrons. The average Bonchev–Trinajstić information content (AvgIpc) is 2.71. The second-order valence-electron chi connectivity index (χ2n) is 6.78. The maximum atomic E-state index is 13.2. The number of nitrogens with zero attached hydrogens (tertiary/aromatic N) is 1. The molecule has 7 heteroatoms. The molecular formula is C23H23Cl2NO3S. The number of hydrogen-bond acceptors (Lipinski definition) is 3. The van der Waals surface area contributed by atoms with Crippen LogP contribution in [0.4, 0.5) is 5.69 Å². The van der Waals surface area contributed by atoms with Crippen molar-refractivity contribution in [2.75, 3.05) is 17.5 Å². The van der Waals surface area contributed by atoms with E-state index in [0.29, 0.717) is 41.1 Å². The highest BCUT2D eigenvalue weighted by atomic mass is 35.5. The number of anilines is 1. The van der Waals surface area contributed by atoms with Crippen molar-refractivity contribution in [2.45, 2.75) is 25.2 Å². The second-order valence-corrected chi connectivity index (χ2v) is 9.46. The molecule has 0 atom stereocenters. The van der Waals surface area contributed by atoms with Gasteiger partial charge in [-0.3, -0.25) is 4.31 Å². The van der Waals surface area contributed by atoms with Crippen LogP contribution in [0.25, 0.3) is 0 Å². The minimum Gasteiger partial charge on any atom is -0.493 e. The molecule has 0 N–H and O–H groups in total. The first-order valence-electron chi connectivity index (χ1n) is 9.58. The number of aryl methyl sites for hydroxylation is 1. The van der Waals surface area contributed by atoms with E-state index in [1.54, 1.807) is 67.6 Å². The van der Waals surface area contributed by atoms with Gasteiger partial charge < -0.3 is 4.74 Å². The summed E-state index contributed by atoms with van der Waals surface area (Å²) in [5, 5.41) is 1.20. The molecule has 0 heterocycles. The largest absolute Gasteiger partial charge is 0.493 e. The zero-order chi connectivity index (χ0) is 21.7. The minimum atomic E-state index is -3.68. The maximum Gasteiger partial charge on any atom is 0.264 e. The second kappa shape index (κ2) is 9.73. The Bertz CT molecular complexity index is 1110. The van der Waals surface area contributed by atoms with Gasteiger partial charge in [-0.15, -0.1) is 0 Å². The van der Waals surface area contributed by atoms with Crippen molar-refractivity contribution >= 4 is 38.9 Å². The van der Waals surface area contributed by atoms with Crippen molar-refractivity contribution in [1.82, 2.24) is 0 Å². The van der Waals surface area contributed by atoms with E-state index in [9.17, 15) is 8.42 Å². The van der Waals surface area contributed by atoms with Gasteiger partial charge in [-0.1, -0.05) is 47.5 Å². The highest BCUT2D eigenvalue weighted by Gasteiger charge is 2.24. The first-order chi connectivity index (χ1) is 14.3. The predicted molar refractivity (Wildman–Crippen MR) is 123 cm³/mol. The predicted octanol–water partition coefficient (Wildman–Crippen LogP) is 6.14. The quantitative estimate of drug-likeness (QED) is 0.403. The Balaban J connectivity index is 1.78. The van der Waals surface area contributed by atoms with Gasteiger partial charge in [0.1, 0.15) is 5.75 Å². The Hall–Kier alpha value is -2.21. The third-order valence-electron chi connectivity index (χ3n) is 4.65. The summed E-state index contributed by atoms with van der Waals surface area (Å²) >= 11 is 12.4. The van der Waals surface area contributed by atoms with Gasteiger partial charge in [-0.2, -0.15) is 0 Å². The Morgan fingerprint density at radius 2 is 1.60 bits per heavy atom. The molecule has 0 aromatic heterocycles. The van der Waals surface area contributed by atoms with Crippen LogP contribution in [0.1, 0.15) is 18.1 Å². The number of sulfonamides is 1. The molecule has 0 aliphatic heterocycles. The molecule has 0 fully saturated rings. The molecule has 0 saturated carbocycles. The number of benzene rings is 3. The van der Waals surface area contributed by atoms with Crippen LogP contribution in [0.3, 0.4) is 0 Å². The van der Waals surface area contributed by atoms with E-state index in [1.807, 2.05) is 13.0 Å². The minimum absolute atomic E-state index is 0.268. The molecule has 30 heavy (non-hydrogen) atoms. The number of rotatable bonds is 8. The first-order valence-corrected chi connectivity index (χ1v) is 11.8. The van der Waals surface area contributed by atoms with Gasteiger partial charge in [-0.25, -0.2) is 8.42 Å². The van der Waals surface area contributed by atoms with E-state index in [4.69, 9.17) is 27.9 Å². The number of halogens is 2. The van der Waals surface area contributed by atoms with Gasteiger partial charge >= 0.3 is 0 Å². The molecule has 0 unspecified atom stereocenters. The maximum absolute atomic E-state index is 13.2. The molecule has 0 spiro atoms. The van der Waals surface area contributed by atoms with Crippen molar-refractivity contribution in [3.05, 3.63) is 87.9 Å². The monoisotopic (exact) mass is 463 g/mol. The number of hydrogen-bond donors (Lipinski definition) is 0. The lowest BCUT2D eigenvalue weighted by Crippen LogP contribution is -2.30. The lowest BCUT2D eigenvalue weighted by Gasteiger charge is -2.23. The Labute approximate surface area is 188 Å². The summed E-state index contributed by atoms with van der Waals surface area (Å²) in [6.45, 7) is 4.34. The van der Waals surface area contributed by atoms with E-state index in [0.717, 1.165) is 11.1 Å². The molecule has 158 valence electrons. The summed E-state index contributed by atoms with van der Waals surface area (Å²) in [6.07, 6.45) is 0.543. The standard InChI is InChI=1S/C23H23Cl2NO3S/c1-3-26(30(27,28)20-10-4-7-17(2)15-20)18-8-5-9-19(16-18)29-14-13-21-22(24)11-6-12-23(21)25/h4-12,15-16H,3,13-14H2,1-2H3. The van der Waals surface area contributed by atoms with Crippen LogP contribution in [0.15, 0.2) is 71.6 Å². The fourth-order valence-electron chi connectivity index (χ4n) is 3.16. The first kappa shape index (κ1) is 22.5. The summed E-state index contributed by atoms with van der Waals surface area (Å²) in [4.78, 5) is 0.268. The SMILES string of the molecule is CCN(c1cccc(OCCc2c(Cl)cccc2Cl)c1)S(=O)(=O)c1cccc(C)c1. The van der Waals surface area contributed by atoms with E-state index < -0.39 is 10.0 Å². The summed E-state index contributed by atoms with van der Waals surface area (Å²) in [6, 6.07) is 19.3. The van der Waals surface area contributed by atoms with Crippen LogP contribution < -0.4 is 9.04 Å². The third kappa shape index (κ3) is 5.09. The van der Waals surface area contributed by atoms with Crippen molar-refractivity contribution in [2.24, 2.45) is 0 Å². The van der Waals surface area contributed by atoms with Gasteiger partial charge in [0.05, 0.1) is 17.2 Å². The highest BCUT2D eigenvalue weighted by Crippen LogP contribution is 2.28.